The number of nitrogens with zero attached hydrogens (tertiary/aromatic N) is 2. The smallest absolute Gasteiger partial charge is 0.260 e. The number of hydrogen-bond donors (Lipinski definition) is 1. The van der Waals surface area contributed by atoms with Gasteiger partial charge in [-0.2, -0.15) is 0 Å². The molecule has 1 aromatic heterocycles. The van der Waals surface area contributed by atoms with Gasteiger partial charge in [0.2, 0.25) is 0 Å². The lowest BCUT2D eigenvalue weighted by Gasteiger charge is -2.18. The molecule has 0 radical (unpaired) electrons. The number of hydrogen-bond acceptors (Lipinski definition) is 3. The maximum Gasteiger partial charge on any atom is 0.260 e. The van der Waals surface area contributed by atoms with E-state index in [2.05, 4.69) is 4.98 Å². The summed E-state index contributed by atoms with van der Waals surface area (Å²) < 4.78 is 0. The number of nitrogens with two attached hydrogens (primary N) is 1. The van der Waals surface area contributed by atoms with E-state index < -0.39 is 0 Å². The van der Waals surface area contributed by atoms with Crippen molar-refractivity contribution in [2.24, 2.45) is 0 Å². The number of aryl methyl sites for hydroxylation is 1. The molecule has 0 fully saturated rings. The summed E-state index contributed by atoms with van der Waals surface area (Å²) in [5, 5.41) is 0. The first-order valence-electron chi connectivity index (χ1n) is 5.64. The second kappa shape index (κ2) is 4.87. The van der Waals surface area contributed by atoms with Gasteiger partial charge in [-0.15, -0.1) is 0 Å². The molecule has 92 valence electrons. The first-order chi connectivity index (χ1) is 8.59. The predicted octanol–water partition coefficient (Wildman–Crippen LogP) is 2.25. The monoisotopic (exact) mass is 241 g/mol. The number of rotatable bonds is 2. The number of amides is 1. The molecule has 4 heteroatoms. The summed E-state index contributed by atoms with van der Waals surface area (Å²) in [5.74, 6) is -0.140. The van der Waals surface area contributed by atoms with Gasteiger partial charge in [0.05, 0.1) is 17.4 Å². The van der Waals surface area contributed by atoms with Crippen LogP contribution in [0.5, 0.6) is 0 Å². The molecule has 0 atom stereocenters. The van der Waals surface area contributed by atoms with E-state index in [4.69, 9.17) is 5.73 Å². The Labute approximate surface area is 106 Å². The highest BCUT2D eigenvalue weighted by Gasteiger charge is 2.15. The molecule has 0 spiro atoms. The molecule has 0 saturated carbocycles. The van der Waals surface area contributed by atoms with Gasteiger partial charge in [-0.05, 0) is 25.1 Å². The minimum absolute atomic E-state index is 0.140. The third-order valence-electron chi connectivity index (χ3n) is 2.81. The molecule has 4 nitrogen and oxygen atoms in total. The van der Waals surface area contributed by atoms with Crippen molar-refractivity contribution < 1.29 is 4.79 Å². The van der Waals surface area contributed by atoms with Crippen LogP contribution in [0.4, 0.5) is 11.4 Å². The van der Waals surface area contributed by atoms with Gasteiger partial charge < -0.3 is 10.6 Å². The Morgan fingerprint density at radius 3 is 2.50 bits per heavy atom. The minimum Gasteiger partial charge on any atom is -0.397 e. The van der Waals surface area contributed by atoms with Crippen LogP contribution in [0.1, 0.15) is 15.9 Å². The fraction of sp³-hybridized carbons (Fsp3) is 0.143. The molecule has 2 rings (SSSR count). The normalized spacial score (nSPS) is 10.1. The topological polar surface area (TPSA) is 59.2 Å². The molecule has 0 aliphatic rings. The summed E-state index contributed by atoms with van der Waals surface area (Å²) >= 11 is 0. The van der Waals surface area contributed by atoms with Gasteiger partial charge in [0.15, 0.2) is 0 Å². The van der Waals surface area contributed by atoms with Crippen molar-refractivity contribution in [3.63, 3.8) is 0 Å². The van der Waals surface area contributed by atoms with Gasteiger partial charge in [-0.25, -0.2) is 0 Å². The summed E-state index contributed by atoms with van der Waals surface area (Å²) in [6, 6.07) is 9.38. The van der Waals surface area contributed by atoms with Crippen LogP contribution in [-0.2, 0) is 0 Å². The summed E-state index contributed by atoms with van der Waals surface area (Å²) in [5.41, 5.74) is 8.60. The van der Waals surface area contributed by atoms with Gasteiger partial charge in [0, 0.05) is 18.9 Å². The van der Waals surface area contributed by atoms with Crippen molar-refractivity contribution in [1.29, 1.82) is 0 Å². The first-order valence-corrected chi connectivity index (χ1v) is 5.64. The first kappa shape index (κ1) is 12.1. The Morgan fingerprint density at radius 2 is 1.89 bits per heavy atom. The van der Waals surface area contributed by atoms with E-state index in [1.807, 2.05) is 31.2 Å². The Morgan fingerprint density at radius 1 is 1.22 bits per heavy atom. The molecular weight excluding hydrogens is 226 g/mol. The lowest BCUT2D eigenvalue weighted by atomic mass is 10.1. The van der Waals surface area contributed by atoms with Crippen molar-refractivity contribution in [1.82, 2.24) is 4.98 Å². The quantitative estimate of drug-likeness (QED) is 0.877. The number of benzene rings is 1. The van der Waals surface area contributed by atoms with E-state index in [0.29, 0.717) is 11.3 Å². The maximum absolute atomic E-state index is 12.3. The lowest BCUT2D eigenvalue weighted by Crippen LogP contribution is -2.27. The third kappa shape index (κ3) is 2.32. The van der Waals surface area contributed by atoms with Crippen molar-refractivity contribution >= 4 is 17.3 Å². The van der Waals surface area contributed by atoms with E-state index >= 15 is 0 Å². The van der Waals surface area contributed by atoms with E-state index in [9.17, 15) is 4.79 Å². The van der Waals surface area contributed by atoms with Crippen molar-refractivity contribution in [2.45, 2.75) is 6.92 Å². The zero-order chi connectivity index (χ0) is 13.1. The Kier molecular flexibility index (Phi) is 3.28. The van der Waals surface area contributed by atoms with Crippen molar-refractivity contribution in [3.8, 4) is 0 Å². The molecule has 0 aliphatic carbocycles. The number of anilines is 2. The molecule has 1 heterocycles. The SMILES string of the molecule is Cc1ccc(N(C)C(=O)c2ccncc2N)cc1. The van der Waals surface area contributed by atoms with Crippen LogP contribution in [0.15, 0.2) is 42.7 Å². The highest BCUT2D eigenvalue weighted by Crippen LogP contribution is 2.18. The standard InChI is InChI=1S/C14H15N3O/c1-10-3-5-11(6-4-10)17(2)14(18)12-7-8-16-9-13(12)15/h3-9H,15H2,1-2H3. The highest BCUT2D eigenvalue weighted by molar-refractivity contribution is 6.08. The van der Waals surface area contributed by atoms with E-state index in [1.165, 1.54) is 6.20 Å². The summed E-state index contributed by atoms with van der Waals surface area (Å²) in [4.78, 5) is 17.7. The lowest BCUT2D eigenvalue weighted by molar-refractivity contribution is 0.0994. The maximum atomic E-state index is 12.3. The highest BCUT2D eigenvalue weighted by atomic mass is 16.2. The Bertz CT molecular complexity index is 564. The number of carbonyl (C=O) groups excluding carboxylic acids is 1. The second-order valence-corrected chi connectivity index (χ2v) is 4.16. The average molecular weight is 241 g/mol. The van der Waals surface area contributed by atoms with Gasteiger partial charge in [0.1, 0.15) is 0 Å². The second-order valence-electron chi connectivity index (χ2n) is 4.16. The molecule has 0 unspecified atom stereocenters. The Hall–Kier alpha value is -2.36. The van der Waals surface area contributed by atoms with Crippen LogP contribution in [0.3, 0.4) is 0 Å². The number of nitrogen functional groups attached to an aromatic ring is 1. The summed E-state index contributed by atoms with van der Waals surface area (Å²) in [7, 11) is 1.73. The Balaban J connectivity index is 2.29. The predicted molar refractivity (Wildman–Crippen MR) is 72.6 cm³/mol. The fourth-order valence-electron chi connectivity index (χ4n) is 1.67. The largest absolute Gasteiger partial charge is 0.397 e. The number of pyridine rings is 1. The number of aromatic nitrogens is 1. The molecule has 0 saturated heterocycles. The van der Waals surface area contributed by atoms with E-state index in [0.717, 1.165) is 11.3 Å². The van der Waals surface area contributed by atoms with Crippen LogP contribution < -0.4 is 10.6 Å². The van der Waals surface area contributed by atoms with E-state index in [-0.39, 0.29) is 5.91 Å². The van der Waals surface area contributed by atoms with Crippen LogP contribution in [0.2, 0.25) is 0 Å². The van der Waals surface area contributed by atoms with Gasteiger partial charge in [-0.1, -0.05) is 17.7 Å². The van der Waals surface area contributed by atoms with Gasteiger partial charge in [0.25, 0.3) is 5.91 Å². The van der Waals surface area contributed by atoms with Gasteiger partial charge >= 0.3 is 0 Å². The van der Waals surface area contributed by atoms with Crippen LogP contribution >= 0.6 is 0 Å². The number of carbonyl (C=O) groups is 1. The molecule has 2 N–H and O–H groups in total. The molecule has 0 bridgehead atoms. The van der Waals surface area contributed by atoms with Crippen molar-refractivity contribution in [2.75, 3.05) is 17.7 Å². The zero-order valence-corrected chi connectivity index (χ0v) is 10.4. The molecular formula is C14H15N3O. The third-order valence-corrected chi connectivity index (χ3v) is 2.81. The average Bonchev–Trinajstić information content (AvgIpc) is 2.38. The van der Waals surface area contributed by atoms with Crippen LogP contribution in [-0.4, -0.2) is 17.9 Å². The molecule has 1 amide bonds. The van der Waals surface area contributed by atoms with Crippen LogP contribution in [0.25, 0.3) is 0 Å². The molecule has 2 aromatic rings. The van der Waals surface area contributed by atoms with Crippen LogP contribution in [0, 0.1) is 6.92 Å². The molecule has 1 aromatic carbocycles. The summed E-state index contributed by atoms with van der Waals surface area (Å²) in [6.07, 6.45) is 3.04. The van der Waals surface area contributed by atoms with Gasteiger partial charge in [-0.3, -0.25) is 9.78 Å². The summed E-state index contributed by atoms with van der Waals surface area (Å²) in [6.45, 7) is 2.01. The van der Waals surface area contributed by atoms with Crippen molar-refractivity contribution in [3.05, 3.63) is 53.9 Å². The zero-order valence-electron chi connectivity index (χ0n) is 10.4. The minimum atomic E-state index is -0.140. The van der Waals surface area contributed by atoms with E-state index in [1.54, 1.807) is 24.2 Å². The molecule has 18 heavy (non-hydrogen) atoms. The fourth-order valence-corrected chi connectivity index (χ4v) is 1.67. The molecule has 0 aliphatic heterocycles.